The quantitative estimate of drug-likeness (QED) is 0.764. The highest BCUT2D eigenvalue weighted by Gasteiger charge is 2.29. The molecule has 0 saturated carbocycles. The van der Waals surface area contributed by atoms with Gasteiger partial charge in [0, 0.05) is 6.54 Å². The second kappa shape index (κ2) is 9.28. The number of nitrogens with one attached hydrogen (secondary N) is 1. The summed E-state index contributed by atoms with van der Waals surface area (Å²) in [4.78, 5) is 12.2. The van der Waals surface area contributed by atoms with Gasteiger partial charge in [0.1, 0.15) is 5.75 Å². The van der Waals surface area contributed by atoms with Gasteiger partial charge in [-0.25, -0.2) is 0 Å². The van der Waals surface area contributed by atoms with Gasteiger partial charge in [0.2, 0.25) is 0 Å². The SMILES string of the molecule is CCC(CC)(CN)NC(=O)C(C)Oc1ccccc1Br.Cl. The number of rotatable bonds is 7. The van der Waals surface area contributed by atoms with Gasteiger partial charge in [0.05, 0.1) is 10.0 Å². The van der Waals surface area contributed by atoms with Crippen molar-refractivity contribution in [1.29, 1.82) is 0 Å². The topological polar surface area (TPSA) is 64.3 Å². The molecule has 0 aliphatic rings. The Kier molecular flexibility index (Phi) is 8.94. The van der Waals surface area contributed by atoms with E-state index in [1.165, 1.54) is 0 Å². The predicted molar refractivity (Wildman–Crippen MR) is 92.0 cm³/mol. The first-order chi connectivity index (χ1) is 9.48. The molecule has 0 bridgehead atoms. The van der Waals surface area contributed by atoms with E-state index in [0.29, 0.717) is 12.3 Å². The summed E-state index contributed by atoms with van der Waals surface area (Å²) in [6, 6.07) is 7.47. The number of hydrogen-bond donors (Lipinski definition) is 2. The Labute approximate surface area is 141 Å². The summed E-state index contributed by atoms with van der Waals surface area (Å²) < 4.78 is 6.52. The molecule has 1 atom stereocenters. The summed E-state index contributed by atoms with van der Waals surface area (Å²) in [7, 11) is 0. The number of hydrogen-bond acceptors (Lipinski definition) is 3. The molecule has 1 aromatic carbocycles. The molecule has 0 fully saturated rings. The van der Waals surface area contributed by atoms with Crippen molar-refractivity contribution in [3.63, 3.8) is 0 Å². The van der Waals surface area contributed by atoms with E-state index in [1.54, 1.807) is 6.92 Å². The first kappa shape index (κ1) is 20.2. The summed E-state index contributed by atoms with van der Waals surface area (Å²) in [5.74, 6) is 0.511. The Morgan fingerprint density at radius 2 is 1.95 bits per heavy atom. The number of nitrogens with two attached hydrogens (primary N) is 1. The van der Waals surface area contributed by atoms with Crippen molar-refractivity contribution >= 4 is 34.2 Å². The summed E-state index contributed by atoms with van der Waals surface area (Å²) >= 11 is 3.40. The van der Waals surface area contributed by atoms with Gasteiger partial charge in [0.25, 0.3) is 5.91 Å². The third kappa shape index (κ3) is 5.49. The zero-order valence-electron chi connectivity index (χ0n) is 12.7. The third-order valence-electron chi connectivity index (χ3n) is 3.64. The number of carbonyl (C=O) groups excluding carboxylic acids is 1. The minimum Gasteiger partial charge on any atom is -0.480 e. The number of amides is 1. The normalized spacial score (nSPS) is 12.2. The van der Waals surface area contributed by atoms with Crippen LogP contribution in [0.4, 0.5) is 0 Å². The Hall–Kier alpha value is -0.780. The highest BCUT2D eigenvalue weighted by atomic mass is 79.9. The van der Waals surface area contributed by atoms with E-state index in [-0.39, 0.29) is 23.9 Å². The molecule has 0 aromatic heterocycles. The maximum Gasteiger partial charge on any atom is 0.261 e. The Bertz CT molecular complexity index is 445. The molecule has 3 N–H and O–H groups in total. The number of halogens is 2. The van der Waals surface area contributed by atoms with Gasteiger partial charge in [-0.3, -0.25) is 4.79 Å². The molecule has 1 unspecified atom stereocenters. The number of benzene rings is 1. The monoisotopic (exact) mass is 378 g/mol. The van der Waals surface area contributed by atoms with Crippen LogP contribution in [0.15, 0.2) is 28.7 Å². The fourth-order valence-electron chi connectivity index (χ4n) is 1.91. The number of ether oxygens (including phenoxy) is 1. The van der Waals surface area contributed by atoms with Crippen molar-refractivity contribution in [2.45, 2.75) is 45.3 Å². The first-order valence-corrected chi connectivity index (χ1v) is 7.70. The van der Waals surface area contributed by atoms with Crippen molar-refractivity contribution in [3.05, 3.63) is 28.7 Å². The van der Waals surface area contributed by atoms with Crippen LogP contribution < -0.4 is 15.8 Å². The molecule has 0 aliphatic carbocycles. The van der Waals surface area contributed by atoms with E-state index in [9.17, 15) is 4.79 Å². The van der Waals surface area contributed by atoms with Crippen LogP contribution in [0.3, 0.4) is 0 Å². The Morgan fingerprint density at radius 1 is 1.38 bits per heavy atom. The Balaban J connectivity index is 0.00000400. The van der Waals surface area contributed by atoms with E-state index in [1.807, 2.05) is 38.1 Å². The largest absolute Gasteiger partial charge is 0.480 e. The predicted octanol–water partition coefficient (Wildman–Crippen LogP) is 3.27. The lowest BCUT2D eigenvalue weighted by molar-refractivity contribution is -0.129. The van der Waals surface area contributed by atoms with E-state index >= 15 is 0 Å². The highest BCUT2D eigenvalue weighted by Crippen LogP contribution is 2.25. The lowest BCUT2D eigenvalue weighted by Crippen LogP contribution is -2.55. The van der Waals surface area contributed by atoms with Gasteiger partial charge in [-0.2, -0.15) is 0 Å². The second-order valence-electron chi connectivity index (χ2n) is 4.87. The zero-order valence-corrected chi connectivity index (χ0v) is 15.1. The van der Waals surface area contributed by atoms with Crippen molar-refractivity contribution < 1.29 is 9.53 Å². The zero-order chi connectivity index (χ0) is 15.2. The van der Waals surface area contributed by atoms with Gasteiger partial charge in [-0.15, -0.1) is 12.4 Å². The fourth-order valence-corrected chi connectivity index (χ4v) is 2.29. The van der Waals surface area contributed by atoms with E-state index in [2.05, 4.69) is 21.2 Å². The molecule has 0 spiro atoms. The standard InChI is InChI=1S/C15H23BrN2O2.ClH/c1-4-15(5-2,10-17)18-14(19)11(3)20-13-9-7-6-8-12(13)16;/h6-9,11H,4-5,10,17H2,1-3H3,(H,18,19);1H. The maximum atomic E-state index is 12.2. The van der Waals surface area contributed by atoms with Crippen molar-refractivity contribution in [2.75, 3.05) is 6.54 Å². The summed E-state index contributed by atoms with van der Waals surface area (Å²) in [5.41, 5.74) is 5.45. The van der Waals surface area contributed by atoms with E-state index in [4.69, 9.17) is 10.5 Å². The van der Waals surface area contributed by atoms with Gasteiger partial charge in [-0.1, -0.05) is 26.0 Å². The van der Waals surface area contributed by atoms with Gasteiger partial charge in [0.15, 0.2) is 6.10 Å². The average Bonchev–Trinajstić information content (AvgIpc) is 2.47. The fraction of sp³-hybridized carbons (Fsp3) is 0.533. The molecule has 6 heteroatoms. The van der Waals surface area contributed by atoms with Crippen LogP contribution in [0.1, 0.15) is 33.6 Å². The van der Waals surface area contributed by atoms with Crippen LogP contribution in [0, 0.1) is 0 Å². The number of para-hydroxylation sites is 1. The molecule has 0 heterocycles. The summed E-state index contributed by atoms with van der Waals surface area (Å²) in [6.45, 7) is 6.21. The molecule has 1 amide bonds. The third-order valence-corrected chi connectivity index (χ3v) is 4.30. The second-order valence-corrected chi connectivity index (χ2v) is 5.73. The van der Waals surface area contributed by atoms with E-state index < -0.39 is 6.10 Å². The van der Waals surface area contributed by atoms with Crippen LogP contribution >= 0.6 is 28.3 Å². The average molecular weight is 380 g/mol. The molecule has 0 aliphatic heterocycles. The molecule has 21 heavy (non-hydrogen) atoms. The molecule has 4 nitrogen and oxygen atoms in total. The van der Waals surface area contributed by atoms with Crippen LogP contribution in [-0.4, -0.2) is 24.1 Å². The van der Waals surface area contributed by atoms with E-state index in [0.717, 1.165) is 17.3 Å². The molecular formula is C15H24BrClN2O2. The Morgan fingerprint density at radius 3 is 2.43 bits per heavy atom. The molecule has 0 saturated heterocycles. The minimum atomic E-state index is -0.572. The van der Waals surface area contributed by atoms with Crippen LogP contribution in [0.5, 0.6) is 5.75 Å². The molecule has 1 aromatic rings. The molecule has 120 valence electrons. The highest BCUT2D eigenvalue weighted by molar-refractivity contribution is 9.10. The van der Waals surface area contributed by atoms with Crippen molar-refractivity contribution in [3.8, 4) is 5.75 Å². The summed E-state index contributed by atoms with van der Waals surface area (Å²) in [6.07, 6.45) is 1.03. The molecule has 1 rings (SSSR count). The minimum absolute atomic E-state index is 0. The van der Waals surface area contributed by atoms with Crippen molar-refractivity contribution in [1.82, 2.24) is 5.32 Å². The van der Waals surface area contributed by atoms with Gasteiger partial charge in [-0.05, 0) is 47.8 Å². The van der Waals surface area contributed by atoms with Crippen LogP contribution in [0.2, 0.25) is 0 Å². The lowest BCUT2D eigenvalue weighted by atomic mass is 9.92. The van der Waals surface area contributed by atoms with Crippen molar-refractivity contribution in [2.24, 2.45) is 5.73 Å². The van der Waals surface area contributed by atoms with Crippen LogP contribution in [-0.2, 0) is 4.79 Å². The van der Waals surface area contributed by atoms with Gasteiger partial charge < -0.3 is 15.8 Å². The first-order valence-electron chi connectivity index (χ1n) is 6.91. The number of carbonyl (C=O) groups is 1. The maximum absolute atomic E-state index is 12.2. The molecular weight excluding hydrogens is 356 g/mol. The van der Waals surface area contributed by atoms with Gasteiger partial charge >= 0.3 is 0 Å². The smallest absolute Gasteiger partial charge is 0.261 e. The molecule has 0 radical (unpaired) electrons. The lowest BCUT2D eigenvalue weighted by Gasteiger charge is -2.32. The van der Waals surface area contributed by atoms with Crippen LogP contribution in [0.25, 0.3) is 0 Å². The summed E-state index contributed by atoms with van der Waals surface area (Å²) in [5, 5.41) is 3.01.